The maximum absolute atomic E-state index is 12.8. The van der Waals surface area contributed by atoms with Crippen LogP contribution in [0.3, 0.4) is 0 Å². The molecule has 1 aliphatic rings. The zero-order chi connectivity index (χ0) is 13.0. The van der Waals surface area contributed by atoms with Gasteiger partial charge in [0.05, 0.1) is 17.1 Å². The summed E-state index contributed by atoms with van der Waals surface area (Å²) >= 11 is 0. The van der Waals surface area contributed by atoms with Crippen molar-refractivity contribution in [3.63, 3.8) is 0 Å². The molecular formula is C14H19FO2S. The van der Waals surface area contributed by atoms with Gasteiger partial charge in [0, 0.05) is 17.4 Å². The summed E-state index contributed by atoms with van der Waals surface area (Å²) in [5.41, 5.74) is 0.922. The van der Waals surface area contributed by atoms with Gasteiger partial charge in [0.2, 0.25) is 0 Å². The molecule has 0 unspecified atom stereocenters. The molecule has 1 heterocycles. The Morgan fingerprint density at radius 3 is 2.72 bits per heavy atom. The van der Waals surface area contributed by atoms with Gasteiger partial charge in [-0.15, -0.1) is 0 Å². The van der Waals surface area contributed by atoms with Crippen molar-refractivity contribution in [3.8, 4) is 0 Å². The molecule has 0 N–H and O–H groups in total. The fourth-order valence-corrected chi connectivity index (χ4v) is 3.53. The van der Waals surface area contributed by atoms with Gasteiger partial charge in [-0.1, -0.05) is 12.1 Å². The first-order valence-electron chi connectivity index (χ1n) is 6.41. The van der Waals surface area contributed by atoms with Crippen LogP contribution < -0.4 is 0 Å². The minimum Gasteiger partial charge on any atom is -0.377 e. The van der Waals surface area contributed by atoms with Crippen LogP contribution in [0.25, 0.3) is 0 Å². The van der Waals surface area contributed by atoms with E-state index in [9.17, 15) is 8.60 Å². The minimum atomic E-state index is -0.967. The molecule has 0 aromatic heterocycles. The van der Waals surface area contributed by atoms with Crippen LogP contribution in [0.15, 0.2) is 24.3 Å². The molecule has 100 valence electrons. The SMILES string of the molecule is C[C@@H](c1ccc(F)cc1)[S@](=O)C[C@@H]1CCCCO1. The van der Waals surface area contributed by atoms with Crippen LogP contribution in [0.1, 0.15) is 37.0 Å². The molecule has 1 aromatic carbocycles. The van der Waals surface area contributed by atoms with E-state index in [-0.39, 0.29) is 17.2 Å². The standard InChI is InChI=1S/C14H19FO2S/c1-11(12-5-7-13(15)8-6-12)18(16)10-14-4-2-3-9-17-14/h5-8,11,14H,2-4,9-10H2,1H3/t11-,14-,18+/m0/s1. The van der Waals surface area contributed by atoms with E-state index in [1.54, 1.807) is 12.1 Å². The highest BCUT2D eigenvalue weighted by Gasteiger charge is 2.21. The Bertz CT molecular complexity index is 399. The lowest BCUT2D eigenvalue weighted by molar-refractivity contribution is 0.0309. The first-order chi connectivity index (χ1) is 8.66. The molecule has 3 atom stereocenters. The Hall–Kier alpha value is -0.740. The van der Waals surface area contributed by atoms with Crippen LogP contribution in [0.2, 0.25) is 0 Å². The molecule has 0 amide bonds. The molecule has 0 saturated carbocycles. The first-order valence-corrected chi connectivity index (χ1v) is 7.79. The Kier molecular flexibility index (Phi) is 4.89. The Labute approximate surface area is 110 Å². The van der Waals surface area contributed by atoms with Gasteiger partial charge in [-0.05, 0) is 43.9 Å². The predicted molar refractivity (Wildman–Crippen MR) is 71.4 cm³/mol. The number of hydrogen-bond donors (Lipinski definition) is 0. The van der Waals surface area contributed by atoms with Crippen molar-refractivity contribution in [1.82, 2.24) is 0 Å². The average Bonchev–Trinajstić information content (AvgIpc) is 2.40. The fraction of sp³-hybridized carbons (Fsp3) is 0.571. The summed E-state index contributed by atoms with van der Waals surface area (Å²) in [5.74, 6) is 0.325. The van der Waals surface area contributed by atoms with Gasteiger partial charge in [-0.25, -0.2) is 4.39 Å². The van der Waals surface area contributed by atoms with Crippen LogP contribution in [0.4, 0.5) is 4.39 Å². The lowest BCUT2D eigenvalue weighted by atomic mass is 10.1. The summed E-state index contributed by atoms with van der Waals surface area (Å²) in [7, 11) is -0.967. The molecule has 4 heteroatoms. The van der Waals surface area contributed by atoms with E-state index >= 15 is 0 Å². The third-order valence-electron chi connectivity index (χ3n) is 3.36. The van der Waals surface area contributed by atoms with Gasteiger partial charge in [0.25, 0.3) is 0 Å². The molecular weight excluding hydrogens is 251 g/mol. The number of ether oxygens (including phenoxy) is 1. The highest BCUT2D eigenvalue weighted by molar-refractivity contribution is 7.85. The molecule has 1 aliphatic heterocycles. The third kappa shape index (κ3) is 3.62. The van der Waals surface area contributed by atoms with E-state index in [4.69, 9.17) is 4.74 Å². The van der Waals surface area contributed by atoms with Crippen molar-refractivity contribution >= 4 is 10.8 Å². The highest BCUT2D eigenvalue weighted by atomic mass is 32.2. The Balaban J connectivity index is 1.93. The van der Waals surface area contributed by atoms with Crippen molar-refractivity contribution in [2.45, 2.75) is 37.5 Å². The van der Waals surface area contributed by atoms with Gasteiger partial charge in [-0.3, -0.25) is 4.21 Å². The second-order valence-corrected chi connectivity index (χ2v) is 6.53. The zero-order valence-electron chi connectivity index (χ0n) is 10.6. The van der Waals surface area contributed by atoms with E-state index in [0.717, 1.165) is 31.4 Å². The molecule has 0 bridgehead atoms. The average molecular weight is 270 g/mol. The summed E-state index contributed by atoms with van der Waals surface area (Å²) in [6.07, 6.45) is 3.40. The molecule has 2 nitrogen and oxygen atoms in total. The first kappa shape index (κ1) is 13.7. The second-order valence-electron chi connectivity index (χ2n) is 4.73. The lowest BCUT2D eigenvalue weighted by Crippen LogP contribution is -2.26. The summed E-state index contributed by atoms with van der Waals surface area (Å²) in [4.78, 5) is 0. The maximum Gasteiger partial charge on any atom is 0.123 e. The minimum absolute atomic E-state index is 0.0730. The molecule has 0 spiro atoms. The summed E-state index contributed by atoms with van der Waals surface area (Å²) < 4.78 is 30.7. The van der Waals surface area contributed by atoms with Gasteiger partial charge in [0.1, 0.15) is 5.82 Å². The van der Waals surface area contributed by atoms with Crippen LogP contribution in [-0.4, -0.2) is 22.7 Å². The highest BCUT2D eigenvalue weighted by Crippen LogP contribution is 2.22. The number of hydrogen-bond acceptors (Lipinski definition) is 2. The fourth-order valence-electron chi connectivity index (χ4n) is 2.15. The molecule has 18 heavy (non-hydrogen) atoms. The summed E-state index contributed by atoms with van der Waals surface area (Å²) in [5, 5.41) is -0.0730. The van der Waals surface area contributed by atoms with Crippen molar-refractivity contribution < 1.29 is 13.3 Å². The van der Waals surface area contributed by atoms with Crippen molar-refractivity contribution in [2.24, 2.45) is 0 Å². The zero-order valence-corrected chi connectivity index (χ0v) is 11.4. The predicted octanol–water partition coefficient (Wildman–Crippen LogP) is 3.20. The van der Waals surface area contributed by atoms with Crippen LogP contribution in [0.5, 0.6) is 0 Å². The van der Waals surface area contributed by atoms with Crippen LogP contribution in [-0.2, 0) is 15.5 Å². The van der Waals surface area contributed by atoms with Gasteiger partial charge in [-0.2, -0.15) is 0 Å². The quantitative estimate of drug-likeness (QED) is 0.840. The third-order valence-corrected chi connectivity index (χ3v) is 5.12. The lowest BCUT2D eigenvalue weighted by Gasteiger charge is -2.23. The maximum atomic E-state index is 12.8. The van der Waals surface area contributed by atoms with Crippen molar-refractivity contribution in [1.29, 1.82) is 0 Å². The van der Waals surface area contributed by atoms with E-state index in [0.29, 0.717) is 5.75 Å². The van der Waals surface area contributed by atoms with Gasteiger partial charge in [0.15, 0.2) is 0 Å². The van der Waals surface area contributed by atoms with Crippen molar-refractivity contribution in [3.05, 3.63) is 35.6 Å². The normalized spacial score (nSPS) is 23.6. The molecule has 1 aromatic rings. The number of halogens is 1. The Morgan fingerprint density at radius 2 is 2.11 bits per heavy atom. The van der Waals surface area contributed by atoms with E-state index < -0.39 is 10.8 Å². The van der Waals surface area contributed by atoms with E-state index in [1.807, 2.05) is 6.92 Å². The van der Waals surface area contributed by atoms with Gasteiger partial charge < -0.3 is 4.74 Å². The number of rotatable bonds is 4. The van der Waals surface area contributed by atoms with E-state index in [2.05, 4.69) is 0 Å². The molecule has 1 saturated heterocycles. The summed E-state index contributed by atoms with van der Waals surface area (Å²) in [6.45, 7) is 2.71. The van der Waals surface area contributed by atoms with E-state index in [1.165, 1.54) is 12.1 Å². The van der Waals surface area contributed by atoms with Crippen LogP contribution >= 0.6 is 0 Å². The molecule has 2 rings (SSSR count). The topological polar surface area (TPSA) is 26.3 Å². The molecule has 0 radical (unpaired) electrons. The summed E-state index contributed by atoms with van der Waals surface area (Å²) in [6, 6.07) is 6.25. The second kappa shape index (κ2) is 6.43. The molecule has 0 aliphatic carbocycles. The number of benzene rings is 1. The molecule has 1 fully saturated rings. The monoisotopic (exact) mass is 270 g/mol. The van der Waals surface area contributed by atoms with Crippen molar-refractivity contribution in [2.75, 3.05) is 12.4 Å². The largest absolute Gasteiger partial charge is 0.377 e. The van der Waals surface area contributed by atoms with Crippen LogP contribution in [0, 0.1) is 5.82 Å². The van der Waals surface area contributed by atoms with Gasteiger partial charge >= 0.3 is 0 Å². The smallest absolute Gasteiger partial charge is 0.123 e. The Morgan fingerprint density at radius 1 is 1.39 bits per heavy atom.